The third kappa shape index (κ3) is 2.36. The van der Waals surface area contributed by atoms with E-state index in [1.807, 2.05) is 6.07 Å². The molecule has 0 amide bonds. The molecule has 6 nitrogen and oxygen atoms in total. The predicted octanol–water partition coefficient (Wildman–Crippen LogP) is 0.946. The van der Waals surface area contributed by atoms with Gasteiger partial charge in [-0.15, -0.1) is 0 Å². The van der Waals surface area contributed by atoms with Gasteiger partial charge in [0.1, 0.15) is 11.9 Å². The number of aromatic nitrogens is 2. The lowest BCUT2D eigenvalue weighted by molar-refractivity contribution is 0.348. The predicted molar refractivity (Wildman–Crippen MR) is 76.7 cm³/mol. The lowest BCUT2D eigenvalue weighted by Crippen LogP contribution is -2.42. The molecule has 2 rings (SSSR count). The van der Waals surface area contributed by atoms with Crippen molar-refractivity contribution in [3.8, 4) is 6.07 Å². The first kappa shape index (κ1) is 14.4. The zero-order chi connectivity index (χ0) is 14.9. The summed E-state index contributed by atoms with van der Waals surface area (Å²) in [6, 6.07) is 2.12. The molecule has 6 heteroatoms. The zero-order valence-corrected chi connectivity index (χ0v) is 12.1. The maximum absolute atomic E-state index is 12.0. The van der Waals surface area contributed by atoms with Crippen molar-refractivity contribution in [1.29, 1.82) is 5.26 Å². The Morgan fingerprint density at radius 1 is 1.20 bits per heavy atom. The smallest absolute Gasteiger partial charge is 0.332 e. The zero-order valence-electron chi connectivity index (χ0n) is 12.1. The van der Waals surface area contributed by atoms with Crippen LogP contribution in [0.15, 0.2) is 9.59 Å². The maximum atomic E-state index is 12.0. The first-order valence-electron chi connectivity index (χ1n) is 6.94. The summed E-state index contributed by atoms with van der Waals surface area (Å²) in [5, 5.41) is 12.5. The summed E-state index contributed by atoms with van der Waals surface area (Å²) in [5.74, 6) is 0.814. The molecule has 1 aliphatic carbocycles. The first-order chi connectivity index (χ1) is 9.47. The van der Waals surface area contributed by atoms with E-state index in [1.54, 1.807) is 7.05 Å². The van der Waals surface area contributed by atoms with Gasteiger partial charge in [-0.25, -0.2) is 4.79 Å². The molecule has 0 radical (unpaired) electrons. The molecule has 1 aromatic heterocycles. The van der Waals surface area contributed by atoms with Crippen LogP contribution in [-0.2, 0) is 14.1 Å². The summed E-state index contributed by atoms with van der Waals surface area (Å²) in [6.07, 6.45) is 4.45. The SMILES string of the molecule is C[C@H]1CCCC[C@@H]1Nc1c(C#N)c(=O)n(C)c(=O)n1C. The quantitative estimate of drug-likeness (QED) is 0.872. The summed E-state index contributed by atoms with van der Waals surface area (Å²) in [7, 11) is 2.97. The largest absolute Gasteiger partial charge is 0.367 e. The van der Waals surface area contributed by atoms with Crippen LogP contribution in [0, 0.1) is 17.2 Å². The molecule has 1 aromatic rings. The molecule has 0 saturated heterocycles. The van der Waals surface area contributed by atoms with Gasteiger partial charge in [0.2, 0.25) is 0 Å². The van der Waals surface area contributed by atoms with Crippen molar-refractivity contribution in [3.63, 3.8) is 0 Å². The molecule has 0 bridgehead atoms. The van der Waals surface area contributed by atoms with Crippen LogP contribution < -0.4 is 16.6 Å². The molecular formula is C14H20N4O2. The van der Waals surface area contributed by atoms with Gasteiger partial charge in [-0.3, -0.25) is 13.9 Å². The van der Waals surface area contributed by atoms with E-state index in [-0.39, 0.29) is 11.6 Å². The number of hydrogen-bond acceptors (Lipinski definition) is 4. The van der Waals surface area contributed by atoms with E-state index >= 15 is 0 Å². The van der Waals surface area contributed by atoms with Gasteiger partial charge < -0.3 is 5.32 Å². The molecule has 0 aliphatic heterocycles. The number of hydrogen-bond donors (Lipinski definition) is 1. The van der Waals surface area contributed by atoms with Crippen LogP contribution in [0.3, 0.4) is 0 Å². The summed E-state index contributed by atoms with van der Waals surface area (Å²) in [5.41, 5.74) is -0.950. The molecule has 1 aliphatic rings. The molecule has 1 N–H and O–H groups in total. The molecule has 20 heavy (non-hydrogen) atoms. The Balaban J connectivity index is 2.49. The second-order valence-electron chi connectivity index (χ2n) is 5.55. The molecule has 108 valence electrons. The van der Waals surface area contributed by atoms with Crippen molar-refractivity contribution in [2.24, 2.45) is 20.0 Å². The van der Waals surface area contributed by atoms with Crippen molar-refractivity contribution in [2.45, 2.75) is 38.6 Å². The third-order valence-corrected chi connectivity index (χ3v) is 4.21. The Kier molecular flexibility index (Phi) is 3.98. The fraction of sp³-hybridized carbons (Fsp3) is 0.643. The minimum Gasteiger partial charge on any atom is -0.367 e. The molecule has 0 aromatic carbocycles. The van der Waals surface area contributed by atoms with Gasteiger partial charge in [0.15, 0.2) is 5.56 Å². The molecular weight excluding hydrogens is 256 g/mol. The average Bonchev–Trinajstić information content (AvgIpc) is 2.45. The normalized spacial score (nSPS) is 22.3. The lowest BCUT2D eigenvalue weighted by atomic mass is 9.86. The van der Waals surface area contributed by atoms with E-state index < -0.39 is 11.2 Å². The number of rotatable bonds is 2. The van der Waals surface area contributed by atoms with Crippen LogP contribution in [0.4, 0.5) is 5.82 Å². The molecule has 1 fully saturated rings. The Bertz CT molecular complexity index is 665. The third-order valence-electron chi connectivity index (χ3n) is 4.21. The number of nitriles is 1. The van der Waals surface area contributed by atoms with E-state index in [2.05, 4.69) is 12.2 Å². The van der Waals surface area contributed by atoms with Crippen LogP contribution in [0.1, 0.15) is 38.2 Å². The molecule has 0 unspecified atom stereocenters. The maximum Gasteiger partial charge on any atom is 0.332 e. The van der Waals surface area contributed by atoms with Crippen molar-refractivity contribution >= 4 is 5.82 Å². The summed E-state index contributed by atoms with van der Waals surface area (Å²) in [4.78, 5) is 24.0. The van der Waals surface area contributed by atoms with Gasteiger partial charge in [-0.05, 0) is 18.8 Å². The van der Waals surface area contributed by atoms with Crippen molar-refractivity contribution in [1.82, 2.24) is 9.13 Å². The second-order valence-corrected chi connectivity index (χ2v) is 5.55. The summed E-state index contributed by atoms with van der Waals surface area (Å²) >= 11 is 0. The van der Waals surface area contributed by atoms with Gasteiger partial charge >= 0.3 is 5.69 Å². The van der Waals surface area contributed by atoms with Crippen LogP contribution in [-0.4, -0.2) is 15.2 Å². The Hall–Kier alpha value is -2.03. The topological polar surface area (TPSA) is 79.8 Å². The van der Waals surface area contributed by atoms with Gasteiger partial charge in [0.25, 0.3) is 5.56 Å². The number of nitrogens with zero attached hydrogens (tertiary/aromatic N) is 3. The average molecular weight is 276 g/mol. The highest BCUT2D eigenvalue weighted by Gasteiger charge is 2.24. The van der Waals surface area contributed by atoms with Crippen molar-refractivity contribution in [3.05, 3.63) is 26.4 Å². The standard InChI is InChI=1S/C14H20N4O2/c1-9-6-4-5-7-11(9)16-12-10(8-15)13(19)18(3)14(20)17(12)2/h9,11,16H,4-7H2,1-3H3/t9-,11-/m0/s1. The molecule has 1 heterocycles. The van der Waals surface area contributed by atoms with Crippen LogP contribution in [0.5, 0.6) is 0 Å². The van der Waals surface area contributed by atoms with Gasteiger partial charge in [-0.1, -0.05) is 19.8 Å². The first-order valence-corrected chi connectivity index (χ1v) is 6.94. The van der Waals surface area contributed by atoms with E-state index in [0.717, 1.165) is 23.8 Å². The van der Waals surface area contributed by atoms with Crippen LogP contribution in [0.2, 0.25) is 0 Å². The minimum atomic E-state index is -0.540. The summed E-state index contributed by atoms with van der Waals surface area (Å²) in [6.45, 7) is 2.15. The molecule has 1 saturated carbocycles. The van der Waals surface area contributed by atoms with E-state index in [0.29, 0.717) is 11.7 Å². The van der Waals surface area contributed by atoms with Gasteiger partial charge in [0.05, 0.1) is 0 Å². The Labute approximate surface area is 117 Å². The minimum absolute atomic E-state index is 0.00683. The highest BCUT2D eigenvalue weighted by atomic mass is 16.2. The monoisotopic (exact) mass is 276 g/mol. The van der Waals surface area contributed by atoms with Crippen LogP contribution >= 0.6 is 0 Å². The Morgan fingerprint density at radius 3 is 2.45 bits per heavy atom. The second kappa shape index (κ2) is 5.53. The van der Waals surface area contributed by atoms with Crippen molar-refractivity contribution in [2.75, 3.05) is 5.32 Å². The van der Waals surface area contributed by atoms with Crippen molar-refractivity contribution < 1.29 is 0 Å². The van der Waals surface area contributed by atoms with Crippen LogP contribution in [0.25, 0.3) is 0 Å². The van der Waals surface area contributed by atoms with Gasteiger partial charge in [-0.2, -0.15) is 5.26 Å². The molecule has 0 spiro atoms. The number of nitrogens with one attached hydrogen (secondary N) is 1. The van der Waals surface area contributed by atoms with E-state index in [4.69, 9.17) is 0 Å². The fourth-order valence-electron chi connectivity index (χ4n) is 2.82. The Morgan fingerprint density at radius 2 is 1.85 bits per heavy atom. The lowest BCUT2D eigenvalue weighted by Gasteiger charge is -2.31. The van der Waals surface area contributed by atoms with E-state index in [1.165, 1.54) is 18.0 Å². The fourth-order valence-corrected chi connectivity index (χ4v) is 2.82. The highest BCUT2D eigenvalue weighted by Crippen LogP contribution is 2.26. The van der Waals surface area contributed by atoms with Gasteiger partial charge in [0, 0.05) is 20.1 Å². The van der Waals surface area contributed by atoms with E-state index in [9.17, 15) is 14.9 Å². The number of anilines is 1. The summed E-state index contributed by atoms with van der Waals surface area (Å²) < 4.78 is 2.31. The highest BCUT2D eigenvalue weighted by molar-refractivity contribution is 5.51. The molecule has 2 atom stereocenters.